The van der Waals surface area contributed by atoms with Gasteiger partial charge in [-0.05, 0) is 0 Å². The standard InChI is InChI=1S/C6H10N2S4.Na.H/c9-5(10)7-1-2-8(4-3-7)6(11)12;;/h1-4H2,(H,9,10)(H,11,12);;/q;+1;-1. The fourth-order valence-corrected chi connectivity index (χ4v) is 1.85. The predicted octanol–water partition coefficient (Wildman–Crippen LogP) is -1.85. The molecule has 0 spiro atoms. The molecule has 7 heteroatoms. The summed E-state index contributed by atoms with van der Waals surface area (Å²) in [5.74, 6) is 0. The van der Waals surface area contributed by atoms with Crippen LogP contribution in [0.3, 0.4) is 0 Å². The van der Waals surface area contributed by atoms with Crippen LogP contribution in [-0.2, 0) is 0 Å². The van der Waals surface area contributed by atoms with Crippen molar-refractivity contribution in [3.8, 4) is 0 Å². The molecule has 0 radical (unpaired) electrons. The summed E-state index contributed by atoms with van der Waals surface area (Å²) in [5, 5.41) is 0. The van der Waals surface area contributed by atoms with Crippen LogP contribution in [0.25, 0.3) is 0 Å². The Morgan fingerprint density at radius 2 is 1.15 bits per heavy atom. The zero-order chi connectivity index (χ0) is 9.14. The smallest absolute Gasteiger partial charge is 1.00 e. The van der Waals surface area contributed by atoms with E-state index in [0.29, 0.717) is 8.64 Å². The SMILES string of the molecule is S=C(S)N1CCN(C(=S)S)CC1.[H-].[Na+]. The molecule has 0 aromatic heterocycles. The van der Waals surface area contributed by atoms with E-state index in [1.807, 2.05) is 0 Å². The Kier molecular flexibility index (Phi) is 7.65. The Balaban J connectivity index is 0. The molecule has 0 N–H and O–H groups in total. The van der Waals surface area contributed by atoms with Crippen molar-refractivity contribution in [2.45, 2.75) is 0 Å². The zero-order valence-electron chi connectivity index (χ0n) is 8.43. The first-order valence-electron chi connectivity index (χ1n) is 3.57. The van der Waals surface area contributed by atoms with Crippen molar-refractivity contribution in [1.82, 2.24) is 9.80 Å². The maximum atomic E-state index is 4.94. The van der Waals surface area contributed by atoms with Crippen LogP contribution in [0.15, 0.2) is 0 Å². The van der Waals surface area contributed by atoms with Gasteiger partial charge in [-0.1, -0.05) is 24.4 Å². The van der Waals surface area contributed by atoms with Crippen LogP contribution in [0.1, 0.15) is 1.43 Å². The van der Waals surface area contributed by atoms with Crippen molar-refractivity contribution < 1.29 is 31.0 Å². The summed E-state index contributed by atoms with van der Waals surface area (Å²) < 4.78 is 1.33. The van der Waals surface area contributed by atoms with Crippen molar-refractivity contribution in [1.29, 1.82) is 0 Å². The zero-order valence-corrected chi connectivity index (χ0v) is 12.9. The van der Waals surface area contributed by atoms with Gasteiger partial charge in [-0.2, -0.15) is 0 Å². The molecule has 70 valence electrons. The fraction of sp³-hybridized carbons (Fsp3) is 0.667. The van der Waals surface area contributed by atoms with E-state index >= 15 is 0 Å². The van der Waals surface area contributed by atoms with E-state index in [0.717, 1.165) is 26.2 Å². The van der Waals surface area contributed by atoms with Gasteiger partial charge in [0.2, 0.25) is 0 Å². The maximum absolute atomic E-state index is 4.94. The van der Waals surface area contributed by atoms with Crippen LogP contribution in [-0.4, -0.2) is 44.6 Å². The van der Waals surface area contributed by atoms with Crippen LogP contribution in [0.2, 0.25) is 0 Å². The molecular weight excluding hydrogens is 251 g/mol. The second-order valence-corrected chi connectivity index (χ2v) is 4.76. The Labute approximate surface area is 124 Å². The summed E-state index contributed by atoms with van der Waals surface area (Å²) >= 11 is 18.1. The summed E-state index contributed by atoms with van der Waals surface area (Å²) in [7, 11) is 0. The number of thiol groups is 2. The van der Waals surface area contributed by atoms with E-state index in [-0.39, 0.29) is 31.0 Å². The van der Waals surface area contributed by atoms with E-state index in [2.05, 4.69) is 35.1 Å². The third-order valence-corrected chi connectivity index (χ3v) is 2.90. The largest absolute Gasteiger partial charge is 1.00 e. The first-order chi connectivity index (χ1) is 5.61. The molecule has 0 aromatic carbocycles. The Morgan fingerprint density at radius 3 is 1.31 bits per heavy atom. The monoisotopic (exact) mass is 262 g/mol. The molecule has 1 fully saturated rings. The molecule has 0 aromatic rings. The van der Waals surface area contributed by atoms with Crippen molar-refractivity contribution in [2.75, 3.05) is 26.2 Å². The molecule has 1 aliphatic rings. The van der Waals surface area contributed by atoms with Crippen molar-refractivity contribution in [2.24, 2.45) is 0 Å². The second kappa shape index (κ2) is 6.87. The molecule has 0 saturated carbocycles. The third-order valence-electron chi connectivity index (χ3n) is 1.82. The molecule has 0 bridgehead atoms. The molecule has 1 aliphatic heterocycles. The topological polar surface area (TPSA) is 6.48 Å². The van der Waals surface area contributed by atoms with Crippen molar-refractivity contribution >= 4 is 58.3 Å². The van der Waals surface area contributed by atoms with Crippen LogP contribution in [0.5, 0.6) is 0 Å². The number of hydrogen-bond acceptors (Lipinski definition) is 2. The quantitative estimate of drug-likeness (QED) is 0.300. The molecule has 2 nitrogen and oxygen atoms in total. The summed E-state index contributed by atoms with van der Waals surface area (Å²) in [6.45, 7) is 3.57. The minimum atomic E-state index is 0. The van der Waals surface area contributed by atoms with Gasteiger partial charge in [0, 0.05) is 26.2 Å². The van der Waals surface area contributed by atoms with E-state index in [9.17, 15) is 0 Å². The average molecular weight is 262 g/mol. The van der Waals surface area contributed by atoms with Crippen molar-refractivity contribution in [3.05, 3.63) is 0 Å². The van der Waals surface area contributed by atoms with Gasteiger partial charge in [-0.25, -0.2) is 0 Å². The molecule has 0 aliphatic carbocycles. The maximum Gasteiger partial charge on any atom is 1.00 e. The Bertz CT molecular complexity index is 186. The number of hydrogen-bond donors (Lipinski definition) is 2. The van der Waals surface area contributed by atoms with Gasteiger partial charge in [0.15, 0.2) is 0 Å². The van der Waals surface area contributed by atoms with Gasteiger partial charge in [0.05, 0.1) is 0 Å². The van der Waals surface area contributed by atoms with E-state index in [4.69, 9.17) is 24.4 Å². The van der Waals surface area contributed by atoms with Crippen LogP contribution in [0.4, 0.5) is 0 Å². The summed E-state index contributed by atoms with van der Waals surface area (Å²) in [6.07, 6.45) is 0. The Morgan fingerprint density at radius 1 is 0.923 bits per heavy atom. The van der Waals surface area contributed by atoms with Crippen LogP contribution >= 0.6 is 49.7 Å². The molecule has 13 heavy (non-hydrogen) atoms. The molecule has 1 rings (SSSR count). The van der Waals surface area contributed by atoms with Gasteiger partial charge >= 0.3 is 29.6 Å². The fourth-order valence-electron chi connectivity index (χ4n) is 1.09. The van der Waals surface area contributed by atoms with Gasteiger partial charge in [0.1, 0.15) is 8.64 Å². The minimum absolute atomic E-state index is 0. The van der Waals surface area contributed by atoms with Gasteiger partial charge in [0.25, 0.3) is 0 Å². The number of piperazine rings is 1. The molecule has 0 atom stereocenters. The summed E-state index contributed by atoms with van der Waals surface area (Å²) in [6, 6.07) is 0. The van der Waals surface area contributed by atoms with Crippen LogP contribution < -0.4 is 29.6 Å². The van der Waals surface area contributed by atoms with E-state index in [1.54, 1.807) is 0 Å². The van der Waals surface area contributed by atoms with Crippen LogP contribution in [0, 0.1) is 0 Å². The predicted molar refractivity (Wildman–Crippen MR) is 67.4 cm³/mol. The summed E-state index contributed by atoms with van der Waals surface area (Å²) in [5.41, 5.74) is 0. The molecule has 1 saturated heterocycles. The second-order valence-electron chi connectivity index (χ2n) is 2.54. The number of rotatable bonds is 0. The molecule has 1 heterocycles. The minimum Gasteiger partial charge on any atom is -1.00 e. The van der Waals surface area contributed by atoms with Gasteiger partial charge < -0.3 is 11.2 Å². The first-order valence-corrected chi connectivity index (χ1v) is 5.28. The Hall–Kier alpha value is 1.48. The third kappa shape index (κ3) is 4.68. The molecule has 0 unspecified atom stereocenters. The normalized spacial score (nSPS) is 16.5. The van der Waals surface area contributed by atoms with E-state index in [1.165, 1.54) is 0 Å². The van der Waals surface area contributed by atoms with Gasteiger partial charge in [-0.3, -0.25) is 0 Å². The van der Waals surface area contributed by atoms with Crippen molar-refractivity contribution in [3.63, 3.8) is 0 Å². The van der Waals surface area contributed by atoms with Gasteiger partial charge in [-0.15, -0.1) is 25.3 Å². The first kappa shape index (κ1) is 14.5. The molecule has 0 amide bonds. The number of thiocarbonyl (C=S) groups is 2. The summed E-state index contributed by atoms with van der Waals surface area (Å²) in [4.78, 5) is 4.11. The number of nitrogens with zero attached hydrogens (tertiary/aromatic N) is 2. The van der Waals surface area contributed by atoms with E-state index < -0.39 is 0 Å². The average Bonchev–Trinajstić information content (AvgIpc) is 2.04. The molecular formula is C6H11N2NaS4.